The molecular formula is C45H46N4O8. The number of para-hydroxylation sites is 2. The maximum absolute atomic E-state index is 12.2. The van der Waals surface area contributed by atoms with Gasteiger partial charge in [0.05, 0.1) is 36.7 Å². The van der Waals surface area contributed by atoms with E-state index in [1.165, 1.54) is 35.4 Å². The topological polar surface area (TPSA) is 167 Å². The predicted octanol–water partition coefficient (Wildman–Crippen LogP) is 7.19. The average Bonchev–Trinajstić information content (AvgIpc) is 3.23. The number of nitrogens with zero attached hydrogens (tertiary/aromatic N) is 1. The number of benzene rings is 4. The molecule has 0 aromatic heterocycles. The minimum Gasteiger partial charge on any atom is -0.496 e. The number of carboxylic acid groups (broad SMARTS) is 2. The van der Waals surface area contributed by atoms with Crippen LogP contribution in [-0.2, 0) is 9.59 Å². The summed E-state index contributed by atoms with van der Waals surface area (Å²) in [4.78, 5) is 49.1. The van der Waals surface area contributed by atoms with E-state index in [4.69, 9.17) is 9.47 Å². The number of carboxylic acids is 2. The molecule has 294 valence electrons. The summed E-state index contributed by atoms with van der Waals surface area (Å²) in [6, 6.07) is 24.2. The summed E-state index contributed by atoms with van der Waals surface area (Å²) in [5.74, 6) is -1.47. The molecule has 0 saturated carbocycles. The van der Waals surface area contributed by atoms with Gasteiger partial charge in [-0.15, -0.1) is 0 Å². The van der Waals surface area contributed by atoms with Crippen LogP contribution >= 0.6 is 0 Å². The van der Waals surface area contributed by atoms with Gasteiger partial charge in [0.2, 0.25) is 11.8 Å². The molecule has 57 heavy (non-hydrogen) atoms. The van der Waals surface area contributed by atoms with Gasteiger partial charge in [-0.3, -0.25) is 9.59 Å². The number of nitrogens with one attached hydrogen (secondary N) is 3. The fraction of sp³-hybridized carbons (Fsp3) is 0.200. The van der Waals surface area contributed by atoms with Crippen molar-refractivity contribution in [2.24, 2.45) is 0 Å². The number of aromatic carboxylic acids is 2. The Kier molecular flexibility index (Phi) is 14.7. The van der Waals surface area contributed by atoms with Crippen molar-refractivity contribution in [3.63, 3.8) is 0 Å². The van der Waals surface area contributed by atoms with Gasteiger partial charge >= 0.3 is 11.9 Å². The molecule has 12 nitrogen and oxygen atoms in total. The second-order valence-corrected chi connectivity index (χ2v) is 13.2. The number of hydrogen-bond donors (Lipinski definition) is 5. The van der Waals surface area contributed by atoms with Crippen molar-refractivity contribution < 1.29 is 38.9 Å². The molecule has 4 aromatic carbocycles. The van der Waals surface area contributed by atoms with Crippen molar-refractivity contribution in [1.29, 1.82) is 0 Å². The van der Waals surface area contributed by atoms with Crippen LogP contribution in [0, 0.1) is 0 Å². The van der Waals surface area contributed by atoms with Gasteiger partial charge in [-0.1, -0.05) is 60.7 Å². The molecule has 6 rings (SSSR count). The monoisotopic (exact) mass is 770 g/mol. The van der Waals surface area contributed by atoms with Crippen molar-refractivity contribution in [2.75, 3.05) is 58.1 Å². The van der Waals surface area contributed by atoms with Crippen molar-refractivity contribution in [3.05, 3.63) is 143 Å². The Balaban J connectivity index is 0.000000218. The highest BCUT2D eigenvalue weighted by atomic mass is 16.5. The van der Waals surface area contributed by atoms with Crippen LogP contribution in [-0.4, -0.2) is 86.3 Å². The first-order valence-electron chi connectivity index (χ1n) is 18.3. The number of carbonyl (C=O) groups excluding carboxylic acids is 2. The van der Waals surface area contributed by atoms with Crippen LogP contribution in [0.4, 0.5) is 11.4 Å². The number of methoxy groups -OCH3 is 2. The smallest absolute Gasteiger partial charge is 0.337 e. The first-order chi connectivity index (χ1) is 27.6. The fourth-order valence-electron chi connectivity index (χ4n) is 6.29. The molecule has 0 aliphatic carbocycles. The standard InChI is InChI=1S/C23H24N2O4.C22H22N2O4/c1-25-13-11-17(12-14-25)18-9-7-16(15-21(18)29-2)8-10-22(26)24-20-6-4-3-5-19(20)23(27)28;1-28-20-14-15(6-8-17(20)16-10-12-23-13-11-16)7-9-21(25)24-19-5-3-2-4-18(19)22(26)27/h3-11,15H,12-14H2,1-2H3,(H,24,26)(H,27,28);2-10,14,23H,11-13H2,1H3,(H,24,25)(H,26,27)/b10-8+;9-7+. The van der Waals surface area contributed by atoms with E-state index in [-0.39, 0.29) is 22.5 Å². The summed E-state index contributed by atoms with van der Waals surface area (Å²) in [5.41, 5.74) is 6.88. The molecule has 2 amide bonds. The number of carbonyl (C=O) groups is 4. The third-order valence-corrected chi connectivity index (χ3v) is 9.30. The molecule has 2 aliphatic rings. The molecule has 0 saturated heterocycles. The Bertz CT molecular complexity index is 2240. The SMILES string of the molecule is COc1cc(/C=C/C(=O)Nc2ccccc2C(=O)O)ccc1C1=CCN(C)CC1.COc1cc(/C=C/C(=O)Nc2ccccc2C(=O)O)ccc1C1=CCNCC1. The summed E-state index contributed by atoms with van der Waals surface area (Å²) >= 11 is 0. The summed E-state index contributed by atoms with van der Waals surface area (Å²) in [7, 11) is 5.36. The van der Waals surface area contributed by atoms with E-state index in [9.17, 15) is 29.4 Å². The maximum Gasteiger partial charge on any atom is 0.337 e. The number of hydrogen-bond acceptors (Lipinski definition) is 8. The zero-order chi connectivity index (χ0) is 40.7. The molecule has 0 bridgehead atoms. The first-order valence-corrected chi connectivity index (χ1v) is 18.3. The van der Waals surface area contributed by atoms with Crippen molar-refractivity contribution >= 4 is 58.4 Å². The van der Waals surface area contributed by atoms with Crippen LogP contribution in [0.25, 0.3) is 23.3 Å². The molecule has 4 aromatic rings. The molecule has 0 spiro atoms. The Morgan fingerprint density at radius 3 is 1.60 bits per heavy atom. The summed E-state index contributed by atoms with van der Waals surface area (Å²) < 4.78 is 11.1. The Morgan fingerprint density at radius 2 is 1.18 bits per heavy atom. The van der Waals surface area contributed by atoms with E-state index in [1.54, 1.807) is 62.8 Å². The molecule has 2 aliphatic heterocycles. The largest absolute Gasteiger partial charge is 0.496 e. The van der Waals surface area contributed by atoms with Crippen LogP contribution in [0.2, 0.25) is 0 Å². The van der Waals surface area contributed by atoms with Crippen LogP contribution < -0.4 is 25.4 Å². The third kappa shape index (κ3) is 11.6. The van der Waals surface area contributed by atoms with Gasteiger partial charge in [0.1, 0.15) is 11.5 Å². The lowest BCUT2D eigenvalue weighted by atomic mass is 9.97. The maximum atomic E-state index is 12.2. The van der Waals surface area contributed by atoms with E-state index in [2.05, 4.69) is 40.0 Å². The molecule has 5 N–H and O–H groups in total. The Morgan fingerprint density at radius 1 is 0.684 bits per heavy atom. The first kappa shape index (κ1) is 41.4. The second kappa shape index (κ2) is 20.2. The lowest BCUT2D eigenvalue weighted by Gasteiger charge is -2.23. The number of rotatable bonds is 12. The summed E-state index contributed by atoms with van der Waals surface area (Å²) in [5, 5.41) is 26.9. The zero-order valence-electron chi connectivity index (χ0n) is 32.1. The van der Waals surface area contributed by atoms with E-state index < -0.39 is 23.8 Å². The third-order valence-electron chi connectivity index (χ3n) is 9.30. The minimum absolute atomic E-state index is 0.0468. The van der Waals surface area contributed by atoms with Crippen molar-refractivity contribution in [1.82, 2.24) is 10.2 Å². The highest BCUT2D eigenvalue weighted by Crippen LogP contribution is 2.32. The molecule has 2 heterocycles. The van der Waals surface area contributed by atoms with Gasteiger partial charge in [0.25, 0.3) is 0 Å². The number of likely N-dealkylation sites (N-methyl/N-ethyl adjacent to an activating group) is 1. The van der Waals surface area contributed by atoms with Crippen molar-refractivity contribution in [2.45, 2.75) is 12.8 Å². The van der Waals surface area contributed by atoms with Gasteiger partial charge in [-0.25, -0.2) is 9.59 Å². The van der Waals surface area contributed by atoms with Crippen LogP contribution in [0.15, 0.2) is 109 Å². The van der Waals surface area contributed by atoms with E-state index >= 15 is 0 Å². The van der Waals surface area contributed by atoms with Gasteiger partial charge in [-0.2, -0.15) is 0 Å². The van der Waals surface area contributed by atoms with Crippen LogP contribution in [0.3, 0.4) is 0 Å². The summed E-state index contributed by atoms with van der Waals surface area (Å²) in [6.07, 6.45) is 12.4. The van der Waals surface area contributed by atoms with E-state index in [1.807, 2.05) is 36.4 Å². The Hall–Kier alpha value is -6.76. The number of ether oxygens (including phenoxy) is 2. The lowest BCUT2D eigenvalue weighted by Crippen LogP contribution is -2.23. The lowest BCUT2D eigenvalue weighted by molar-refractivity contribution is -0.112. The highest BCUT2D eigenvalue weighted by molar-refractivity contribution is 6.07. The van der Waals surface area contributed by atoms with Crippen molar-refractivity contribution in [3.8, 4) is 11.5 Å². The predicted molar refractivity (Wildman–Crippen MR) is 224 cm³/mol. The Labute approximate surface area is 331 Å². The molecule has 0 unspecified atom stereocenters. The van der Waals surface area contributed by atoms with Gasteiger partial charge in [0.15, 0.2) is 0 Å². The minimum atomic E-state index is -1.09. The van der Waals surface area contributed by atoms with Crippen LogP contribution in [0.5, 0.6) is 11.5 Å². The fourth-order valence-corrected chi connectivity index (χ4v) is 6.29. The molecule has 0 atom stereocenters. The highest BCUT2D eigenvalue weighted by Gasteiger charge is 2.15. The van der Waals surface area contributed by atoms with E-state index in [0.29, 0.717) is 0 Å². The average molecular weight is 771 g/mol. The summed E-state index contributed by atoms with van der Waals surface area (Å²) in [6.45, 7) is 3.71. The molecule has 12 heteroatoms. The molecular weight excluding hydrogens is 725 g/mol. The quantitative estimate of drug-likeness (QED) is 0.0932. The second-order valence-electron chi connectivity index (χ2n) is 13.2. The number of amides is 2. The van der Waals surface area contributed by atoms with E-state index in [0.717, 1.165) is 72.8 Å². The normalized spacial score (nSPS) is 14.2. The zero-order valence-corrected chi connectivity index (χ0v) is 32.1. The van der Waals surface area contributed by atoms with Gasteiger partial charge in [0, 0.05) is 42.9 Å². The van der Waals surface area contributed by atoms with Gasteiger partial charge in [-0.05, 0) is 97.3 Å². The number of anilines is 2. The molecule has 0 radical (unpaired) electrons. The van der Waals surface area contributed by atoms with Crippen LogP contribution in [0.1, 0.15) is 55.8 Å². The van der Waals surface area contributed by atoms with Gasteiger partial charge < -0.3 is 40.5 Å². The molecule has 0 fully saturated rings.